The maximum atomic E-state index is 11.6. The summed E-state index contributed by atoms with van der Waals surface area (Å²) >= 11 is 5.70. The molecule has 0 aromatic carbocycles. The molecule has 0 saturated carbocycles. The van der Waals surface area contributed by atoms with Gasteiger partial charge in [-0.05, 0) is 20.3 Å². The van der Waals surface area contributed by atoms with Gasteiger partial charge in [-0.15, -0.1) is 16.7 Å². The second kappa shape index (κ2) is 5.84. The fraction of sp³-hybridized carbons (Fsp3) is 0.700. The van der Waals surface area contributed by atoms with Crippen molar-refractivity contribution in [3.8, 4) is 0 Å². The number of carbonyl (C=O) groups excluding carboxylic acids is 1. The van der Waals surface area contributed by atoms with Crippen LogP contribution in [0.25, 0.3) is 0 Å². The van der Waals surface area contributed by atoms with E-state index >= 15 is 0 Å². The van der Waals surface area contributed by atoms with Crippen molar-refractivity contribution in [3.05, 3.63) is 12.4 Å². The Morgan fingerprint density at radius 3 is 2.88 bits per heavy atom. The SMILES string of the molecule is CC(C)(CCl)C(=O)NCCCn1ccnn1. The Morgan fingerprint density at radius 2 is 2.31 bits per heavy atom. The third kappa shape index (κ3) is 3.81. The van der Waals surface area contributed by atoms with Gasteiger partial charge >= 0.3 is 0 Å². The number of aryl methyl sites for hydroxylation is 1. The zero-order valence-electron chi connectivity index (χ0n) is 9.61. The summed E-state index contributed by atoms with van der Waals surface area (Å²) in [5.74, 6) is 0.308. The summed E-state index contributed by atoms with van der Waals surface area (Å²) in [4.78, 5) is 11.6. The van der Waals surface area contributed by atoms with Gasteiger partial charge < -0.3 is 5.32 Å². The number of rotatable bonds is 6. The molecule has 1 N–H and O–H groups in total. The minimum Gasteiger partial charge on any atom is -0.356 e. The number of amides is 1. The van der Waals surface area contributed by atoms with Gasteiger partial charge in [0.05, 0.1) is 11.6 Å². The molecule has 0 atom stereocenters. The van der Waals surface area contributed by atoms with Crippen LogP contribution in [0.3, 0.4) is 0 Å². The van der Waals surface area contributed by atoms with Gasteiger partial charge in [0, 0.05) is 25.2 Å². The molecule has 0 fully saturated rings. The third-order valence-electron chi connectivity index (χ3n) is 2.27. The average molecular weight is 245 g/mol. The molecule has 0 spiro atoms. The summed E-state index contributed by atoms with van der Waals surface area (Å²) in [6.07, 6.45) is 4.26. The zero-order valence-corrected chi connectivity index (χ0v) is 10.4. The van der Waals surface area contributed by atoms with Gasteiger partial charge in [0.25, 0.3) is 0 Å². The van der Waals surface area contributed by atoms with E-state index < -0.39 is 5.41 Å². The van der Waals surface area contributed by atoms with Crippen LogP contribution < -0.4 is 5.32 Å². The zero-order chi connectivity index (χ0) is 12.0. The van der Waals surface area contributed by atoms with Crippen LogP contribution >= 0.6 is 11.6 Å². The van der Waals surface area contributed by atoms with Crippen molar-refractivity contribution in [2.24, 2.45) is 5.41 Å². The Bertz CT molecular complexity index is 324. The van der Waals surface area contributed by atoms with Crippen molar-refractivity contribution >= 4 is 17.5 Å². The molecule has 0 radical (unpaired) electrons. The molecular formula is C10H17ClN4O. The number of alkyl halides is 1. The third-order valence-corrected chi connectivity index (χ3v) is 2.94. The first-order valence-corrected chi connectivity index (χ1v) is 5.78. The van der Waals surface area contributed by atoms with Crippen LogP contribution in [0.2, 0.25) is 0 Å². The Kier molecular flexibility index (Phi) is 4.73. The molecule has 1 rings (SSSR count). The van der Waals surface area contributed by atoms with Crippen molar-refractivity contribution in [2.75, 3.05) is 12.4 Å². The molecule has 0 aliphatic heterocycles. The van der Waals surface area contributed by atoms with Crippen LogP contribution in [0.15, 0.2) is 12.4 Å². The number of carbonyl (C=O) groups is 1. The van der Waals surface area contributed by atoms with E-state index in [-0.39, 0.29) is 5.91 Å². The highest BCUT2D eigenvalue weighted by Crippen LogP contribution is 2.16. The molecule has 1 amide bonds. The predicted octanol–water partition coefficient (Wildman–Crippen LogP) is 1.05. The molecular weight excluding hydrogens is 228 g/mol. The number of hydrogen-bond donors (Lipinski definition) is 1. The van der Waals surface area contributed by atoms with Gasteiger partial charge in [-0.1, -0.05) is 5.21 Å². The number of aromatic nitrogens is 3. The van der Waals surface area contributed by atoms with Gasteiger partial charge in [0.2, 0.25) is 5.91 Å². The van der Waals surface area contributed by atoms with E-state index in [1.807, 2.05) is 13.8 Å². The fourth-order valence-corrected chi connectivity index (χ4v) is 1.22. The van der Waals surface area contributed by atoms with Crippen molar-refractivity contribution < 1.29 is 4.79 Å². The normalized spacial score (nSPS) is 11.4. The van der Waals surface area contributed by atoms with Crippen molar-refractivity contribution in [2.45, 2.75) is 26.8 Å². The summed E-state index contributed by atoms with van der Waals surface area (Å²) in [7, 11) is 0. The minimum atomic E-state index is -0.505. The van der Waals surface area contributed by atoms with Crippen molar-refractivity contribution in [3.63, 3.8) is 0 Å². The first-order valence-electron chi connectivity index (χ1n) is 5.24. The van der Waals surface area contributed by atoms with E-state index in [0.29, 0.717) is 12.4 Å². The van der Waals surface area contributed by atoms with E-state index in [1.165, 1.54) is 0 Å². The van der Waals surface area contributed by atoms with Crippen LogP contribution in [-0.4, -0.2) is 33.3 Å². The van der Waals surface area contributed by atoms with E-state index in [0.717, 1.165) is 13.0 Å². The number of nitrogens with zero attached hydrogens (tertiary/aromatic N) is 3. The summed E-state index contributed by atoms with van der Waals surface area (Å²) in [5.41, 5.74) is -0.505. The topological polar surface area (TPSA) is 59.8 Å². The molecule has 6 heteroatoms. The van der Waals surface area contributed by atoms with E-state index in [9.17, 15) is 4.79 Å². The first-order chi connectivity index (χ1) is 7.56. The first kappa shape index (κ1) is 13.0. The second-order valence-corrected chi connectivity index (χ2v) is 4.56. The predicted molar refractivity (Wildman–Crippen MR) is 62.1 cm³/mol. The van der Waals surface area contributed by atoms with Crippen LogP contribution in [0.5, 0.6) is 0 Å². The van der Waals surface area contributed by atoms with Gasteiger partial charge in [-0.2, -0.15) is 0 Å². The lowest BCUT2D eigenvalue weighted by molar-refractivity contribution is -0.128. The number of nitrogens with one attached hydrogen (secondary N) is 1. The molecule has 0 saturated heterocycles. The molecule has 1 aromatic heterocycles. The van der Waals surface area contributed by atoms with Gasteiger partial charge in [0.15, 0.2) is 0 Å². The average Bonchev–Trinajstić information content (AvgIpc) is 2.76. The number of hydrogen-bond acceptors (Lipinski definition) is 3. The Labute approximate surface area is 100 Å². The van der Waals surface area contributed by atoms with Gasteiger partial charge in [-0.25, -0.2) is 0 Å². The molecule has 0 unspecified atom stereocenters. The molecule has 16 heavy (non-hydrogen) atoms. The van der Waals surface area contributed by atoms with Crippen LogP contribution in [0.4, 0.5) is 0 Å². The lowest BCUT2D eigenvalue weighted by Crippen LogP contribution is -2.38. The fourth-order valence-electron chi connectivity index (χ4n) is 1.09. The smallest absolute Gasteiger partial charge is 0.226 e. The highest BCUT2D eigenvalue weighted by molar-refractivity contribution is 6.19. The molecule has 1 aromatic rings. The van der Waals surface area contributed by atoms with Crippen LogP contribution in [0.1, 0.15) is 20.3 Å². The maximum absolute atomic E-state index is 11.6. The standard InChI is InChI=1S/C10H17ClN4O/c1-10(2,8-11)9(16)12-4-3-6-15-7-5-13-14-15/h5,7H,3-4,6,8H2,1-2H3,(H,12,16). The quantitative estimate of drug-likeness (QED) is 0.601. The van der Waals surface area contributed by atoms with E-state index in [4.69, 9.17) is 11.6 Å². The lowest BCUT2D eigenvalue weighted by atomic mass is 9.95. The number of halogens is 1. The lowest BCUT2D eigenvalue weighted by Gasteiger charge is -2.20. The van der Waals surface area contributed by atoms with E-state index in [1.54, 1.807) is 17.1 Å². The molecule has 0 bridgehead atoms. The summed E-state index contributed by atoms with van der Waals surface area (Å²) in [6, 6.07) is 0. The second-order valence-electron chi connectivity index (χ2n) is 4.29. The Balaban J connectivity index is 2.18. The maximum Gasteiger partial charge on any atom is 0.226 e. The monoisotopic (exact) mass is 244 g/mol. The summed E-state index contributed by atoms with van der Waals surface area (Å²) in [6.45, 7) is 5.03. The largest absolute Gasteiger partial charge is 0.356 e. The highest BCUT2D eigenvalue weighted by Gasteiger charge is 2.25. The Morgan fingerprint density at radius 1 is 1.56 bits per heavy atom. The van der Waals surface area contributed by atoms with Crippen LogP contribution in [0, 0.1) is 5.41 Å². The minimum absolute atomic E-state index is 0.0129. The summed E-state index contributed by atoms with van der Waals surface area (Å²) in [5, 5.41) is 10.4. The molecule has 90 valence electrons. The molecule has 0 aliphatic carbocycles. The summed E-state index contributed by atoms with van der Waals surface area (Å²) < 4.78 is 1.73. The Hall–Kier alpha value is -1.10. The van der Waals surface area contributed by atoms with Gasteiger partial charge in [0.1, 0.15) is 0 Å². The van der Waals surface area contributed by atoms with E-state index in [2.05, 4.69) is 15.6 Å². The van der Waals surface area contributed by atoms with Crippen LogP contribution in [-0.2, 0) is 11.3 Å². The van der Waals surface area contributed by atoms with Gasteiger partial charge in [-0.3, -0.25) is 9.48 Å². The molecule has 0 aliphatic rings. The molecule has 5 nitrogen and oxygen atoms in total. The highest BCUT2D eigenvalue weighted by atomic mass is 35.5. The van der Waals surface area contributed by atoms with Crippen molar-refractivity contribution in [1.29, 1.82) is 0 Å². The molecule has 1 heterocycles. The van der Waals surface area contributed by atoms with Crippen molar-refractivity contribution in [1.82, 2.24) is 20.3 Å².